The van der Waals surface area contributed by atoms with Gasteiger partial charge >= 0.3 is 6.61 Å². The van der Waals surface area contributed by atoms with Crippen molar-refractivity contribution in [2.45, 2.75) is 19.5 Å². The van der Waals surface area contributed by atoms with E-state index < -0.39 is 6.61 Å². The number of hydrogen-bond donors (Lipinski definition) is 2. The summed E-state index contributed by atoms with van der Waals surface area (Å²) in [6.07, 6.45) is 2.00. The van der Waals surface area contributed by atoms with E-state index in [1.807, 2.05) is 4.90 Å². The molecule has 1 heterocycles. The van der Waals surface area contributed by atoms with E-state index in [0.717, 1.165) is 25.9 Å². The van der Waals surface area contributed by atoms with Gasteiger partial charge in [-0.1, -0.05) is 0 Å². The number of aliphatic hydroxyl groups excluding tert-OH is 1. The first-order chi connectivity index (χ1) is 10.1. The molecule has 0 spiro atoms. The van der Waals surface area contributed by atoms with E-state index >= 15 is 0 Å². The molecular weight excluding hydrogens is 298 g/mol. The van der Waals surface area contributed by atoms with Crippen molar-refractivity contribution in [2.24, 2.45) is 5.92 Å². The van der Waals surface area contributed by atoms with Crippen molar-refractivity contribution in [3.05, 3.63) is 24.3 Å². The number of benzene rings is 1. The second kappa shape index (κ2) is 7.51. The summed E-state index contributed by atoms with van der Waals surface area (Å²) < 4.78 is 28.4. The first kappa shape index (κ1) is 15.9. The normalized spacial score (nSPS) is 18.7. The monoisotopic (exact) mass is 316 g/mol. The third kappa shape index (κ3) is 4.78. The van der Waals surface area contributed by atoms with Gasteiger partial charge in [-0.3, -0.25) is 0 Å². The molecule has 2 rings (SSSR count). The highest BCUT2D eigenvalue weighted by molar-refractivity contribution is 7.80. The summed E-state index contributed by atoms with van der Waals surface area (Å²) in [6, 6.07) is 6.20. The molecule has 0 radical (unpaired) electrons. The largest absolute Gasteiger partial charge is 0.435 e. The zero-order valence-corrected chi connectivity index (χ0v) is 12.3. The van der Waals surface area contributed by atoms with Crippen LogP contribution in [0, 0.1) is 5.92 Å². The number of likely N-dealkylation sites (tertiary alicyclic amines) is 1. The van der Waals surface area contributed by atoms with Crippen LogP contribution in [0.5, 0.6) is 5.75 Å². The van der Waals surface area contributed by atoms with Gasteiger partial charge in [0.2, 0.25) is 0 Å². The lowest BCUT2D eigenvalue weighted by atomic mass is 9.99. The number of nitrogens with one attached hydrogen (secondary N) is 1. The Morgan fingerprint density at radius 3 is 2.76 bits per heavy atom. The van der Waals surface area contributed by atoms with Crippen LogP contribution in [-0.4, -0.2) is 41.4 Å². The van der Waals surface area contributed by atoms with Gasteiger partial charge in [0.15, 0.2) is 5.11 Å². The quantitative estimate of drug-likeness (QED) is 0.836. The first-order valence-electron chi connectivity index (χ1n) is 6.80. The topological polar surface area (TPSA) is 44.7 Å². The molecule has 0 saturated carbocycles. The molecule has 2 N–H and O–H groups in total. The van der Waals surface area contributed by atoms with Gasteiger partial charge in [0.1, 0.15) is 5.75 Å². The van der Waals surface area contributed by atoms with Crippen molar-refractivity contribution >= 4 is 23.0 Å². The molecule has 1 aliphatic heterocycles. The zero-order chi connectivity index (χ0) is 15.2. The van der Waals surface area contributed by atoms with Crippen molar-refractivity contribution < 1.29 is 18.6 Å². The Balaban J connectivity index is 1.90. The summed E-state index contributed by atoms with van der Waals surface area (Å²) in [5.41, 5.74) is 0.715. The standard InChI is InChI=1S/C14H18F2N2O2S/c15-13(16)20-12-5-3-11(4-6-12)17-14(21)18-7-1-2-10(8-18)9-19/h3-6,10,13,19H,1-2,7-9H2,(H,17,21)/t10-/m1/s1. The fourth-order valence-corrected chi connectivity index (χ4v) is 2.60. The smallest absolute Gasteiger partial charge is 0.387 e. The second-order valence-corrected chi connectivity index (χ2v) is 5.36. The minimum atomic E-state index is -2.83. The molecule has 0 aliphatic carbocycles. The van der Waals surface area contributed by atoms with E-state index in [1.54, 1.807) is 12.1 Å². The van der Waals surface area contributed by atoms with E-state index in [9.17, 15) is 13.9 Å². The Labute approximate surface area is 127 Å². The lowest BCUT2D eigenvalue weighted by Gasteiger charge is -2.33. The number of halogens is 2. The Morgan fingerprint density at radius 1 is 1.43 bits per heavy atom. The summed E-state index contributed by atoms with van der Waals surface area (Å²) >= 11 is 5.34. The molecule has 1 aliphatic rings. The highest BCUT2D eigenvalue weighted by Crippen LogP contribution is 2.20. The number of alkyl halides is 2. The van der Waals surface area contributed by atoms with Crippen LogP contribution in [-0.2, 0) is 0 Å². The maximum Gasteiger partial charge on any atom is 0.387 e. The number of nitrogens with zero attached hydrogens (tertiary/aromatic N) is 1. The number of thiocarbonyl (C=S) groups is 1. The van der Waals surface area contributed by atoms with Crippen LogP contribution in [0.1, 0.15) is 12.8 Å². The molecule has 1 fully saturated rings. The fourth-order valence-electron chi connectivity index (χ4n) is 2.32. The van der Waals surface area contributed by atoms with Crippen molar-refractivity contribution in [3.63, 3.8) is 0 Å². The molecule has 1 aromatic rings. The summed E-state index contributed by atoms with van der Waals surface area (Å²) in [5, 5.41) is 12.9. The highest BCUT2D eigenvalue weighted by atomic mass is 32.1. The molecule has 1 aromatic carbocycles. The summed E-state index contributed by atoms with van der Waals surface area (Å²) in [6.45, 7) is -1.07. The van der Waals surface area contributed by atoms with Crippen LogP contribution in [0.15, 0.2) is 24.3 Å². The summed E-state index contributed by atoms with van der Waals surface area (Å²) in [4.78, 5) is 2.02. The lowest BCUT2D eigenvalue weighted by molar-refractivity contribution is -0.0498. The minimum absolute atomic E-state index is 0.111. The molecular formula is C14H18F2N2O2S. The third-order valence-electron chi connectivity index (χ3n) is 3.40. The fraction of sp³-hybridized carbons (Fsp3) is 0.500. The van der Waals surface area contributed by atoms with Crippen LogP contribution in [0.3, 0.4) is 0 Å². The average Bonchev–Trinajstić information content (AvgIpc) is 2.49. The van der Waals surface area contributed by atoms with Gasteiger partial charge < -0.3 is 20.1 Å². The van der Waals surface area contributed by atoms with Crippen LogP contribution in [0.4, 0.5) is 14.5 Å². The Bertz CT molecular complexity index is 471. The van der Waals surface area contributed by atoms with Gasteiger partial charge in [-0.15, -0.1) is 0 Å². The zero-order valence-electron chi connectivity index (χ0n) is 11.5. The summed E-state index contributed by atoms with van der Waals surface area (Å²) in [7, 11) is 0. The van der Waals surface area contributed by atoms with Crippen LogP contribution >= 0.6 is 12.2 Å². The van der Waals surface area contributed by atoms with Crippen molar-refractivity contribution in [3.8, 4) is 5.75 Å². The van der Waals surface area contributed by atoms with E-state index in [2.05, 4.69) is 10.1 Å². The van der Waals surface area contributed by atoms with Gasteiger partial charge in [-0.25, -0.2) is 0 Å². The molecule has 0 aromatic heterocycles. The molecule has 7 heteroatoms. The average molecular weight is 316 g/mol. The molecule has 116 valence electrons. The Hall–Kier alpha value is -1.47. The highest BCUT2D eigenvalue weighted by Gasteiger charge is 2.21. The van der Waals surface area contributed by atoms with E-state index in [4.69, 9.17) is 12.2 Å². The maximum atomic E-state index is 12.1. The third-order valence-corrected chi connectivity index (χ3v) is 3.76. The van der Waals surface area contributed by atoms with Gasteiger partial charge in [0.25, 0.3) is 0 Å². The van der Waals surface area contributed by atoms with Gasteiger partial charge in [-0.05, 0) is 55.2 Å². The molecule has 4 nitrogen and oxygen atoms in total. The number of ether oxygens (including phenoxy) is 1. The van der Waals surface area contributed by atoms with Crippen molar-refractivity contribution in [2.75, 3.05) is 25.0 Å². The number of hydrogen-bond acceptors (Lipinski definition) is 3. The molecule has 1 saturated heterocycles. The molecule has 21 heavy (non-hydrogen) atoms. The van der Waals surface area contributed by atoms with Crippen molar-refractivity contribution in [1.82, 2.24) is 4.90 Å². The molecule has 1 atom stereocenters. The summed E-state index contributed by atoms with van der Waals surface area (Å²) in [5.74, 6) is 0.361. The molecule has 0 amide bonds. The Morgan fingerprint density at radius 2 is 2.14 bits per heavy atom. The minimum Gasteiger partial charge on any atom is -0.435 e. The van der Waals surface area contributed by atoms with Crippen LogP contribution in [0.25, 0.3) is 0 Å². The second-order valence-electron chi connectivity index (χ2n) is 4.97. The maximum absolute atomic E-state index is 12.1. The van der Waals surface area contributed by atoms with Gasteiger partial charge in [-0.2, -0.15) is 8.78 Å². The predicted molar refractivity (Wildman–Crippen MR) is 80.7 cm³/mol. The number of anilines is 1. The predicted octanol–water partition coefficient (Wildman–Crippen LogP) is 2.69. The van der Waals surface area contributed by atoms with Gasteiger partial charge in [0, 0.05) is 25.4 Å². The van der Waals surface area contributed by atoms with E-state index in [1.165, 1.54) is 12.1 Å². The Kier molecular flexibility index (Phi) is 5.69. The SMILES string of the molecule is OC[C@@H]1CCCN(C(=S)Nc2ccc(OC(F)F)cc2)C1. The van der Waals surface area contributed by atoms with E-state index in [0.29, 0.717) is 10.8 Å². The van der Waals surface area contributed by atoms with Crippen molar-refractivity contribution in [1.29, 1.82) is 0 Å². The molecule has 0 unspecified atom stereocenters. The molecule has 0 bridgehead atoms. The number of piperidine rings is 1. The van der Waals surface area contributed by atoms with Gasteiger partial charge in [0.05, 0.1) is 0 Å². The number of rotatable bonds is 4. The lowest BCUT2D eigenvalue weighted by Crippen LogP contribution is -2.43. The van der Waals surface area contributed by atoms with Crippen LogP contribution < -0.4 is 10.1 Å². The number of aliphatic hydroxyl groups is 1. The first-order valence-corrected chi connectivity index (χ1v) is 7.21. The van der Waals surface area contributed by atoms with Crippen LogP contribution in [0.2, 0.25) is 0 Å². The van der Waals surface area contributed by atoms with E-state index in [-0.39, 0.29) is 18.3 Å².